The monoisotopic (exact) mass is 197 g/mol. The molecular formula is C8H5F2N3O. The van der Waals surface area contributed by atoms with Gasteiger partial charge in [-0.1, -0.05) is 5.16 Å². The smallest absolute Gasteiger partial charge is 0.319 e. The average molecular weight is 197 g/mol. The fraction of sp³-hybridized carbons (Fsp3) is 0. The van der Waals surface area contributed by atoms with Crippen LogP contribution in [0.3, 0.4) is 0 Å². The van der Waals surface area contributed by atoms with Crippen LogP contribution in [0, 0.1) is 11.6 Å². The Labute approximate surface area is 77.3 Å². The summed E-state index contributed by atoms with van der Waals surface area (Å²) in [6.45, 7) is 0. The number of aromatic nitrogens is 2. The van der Waals surface area contributed by atoms with E-state index in [2.05, 4.69) is 14.7 Å². The lowest BCUT2D eigenvalue weighted by Crippen LogP contribution is -1.87. The summed E-state index contributed by atoms with van der Waals surface area (Å²) in [7, 11) is 0. The van der Waals surface area contributed by atoms with Gasteiger partial charge in [0, 0.05) is 5.56 Å². The number of nitrogens with two attached hydrogens (primary N) is 1. The van der Waals surface area contributed by atoms with Crippen LogP contribution in [-0.2, 0) is 0 Å². The van der Waals surface area contributed by atoms with Crippen molar-refractivity contribution in [1.29, 1.82) is 0 Å². The first-order chi connectivity index (χ1) is 6.66. The molecule has 0 atom stereocenters. The Bertz CT molecular complexity index is 469. The van der Waals surface area contributed by atoms with Gasteiger partial charge in [0.2, 0.25) is 5.82 Å². The summed E-state index contributed by atoms with van der Waals surface area (Å²) >= 11 is 0. The second-order valence-electron chi connectivity index (χ2n) is 2.59. The molecule has 0 unspecified atom stereocenters. The van der Waals surface area contributed by atoms with Gasteiger partial charge in [0.25, 0.3) is 0 Å². The Hall–Kier alpha value is -1.98. The SMILES string of the molecule is Nc1nc(-c2ccc(F)c(F)c2)no1. The van der Waals surface area contributed by atoms with E-state index in [-0.39, 0.29) is 11.8 Å². The minimum absolute atomic E-state index is 0.121. The maximum atomic E-state index is 12.8. The highest BCUT2D eigenvalue weighted by Gasteiger charge is 2.09. The molecule has 1 heterocycles. The number of halogens is 2. The van der Waals surface area contributed by atoms with E-state index in [0.29, 0.717) is 5.56 Å². The van der Waals surface area contributed by atoms with Gasteiger partial charge in [-0.25, -0.2) is 8.78 Å². The number of nitrogen functional groups attached to an aromatic ring is 1. The Kier molecular flexibility index (Phi) is 1.88. The zero-order valence-corrected chi connectivity index (χ0v) is 6.87. The van der Waals surface area contributed by atoms with Gasteiger partial charge in [-0.2, -0.15) is 4.98 Å². The summed E-state index contributed by atoms with van der Waals surface area (Å²) in [5.74, 6) is -1.77. The summed E-state index contributed by atoms with van der Waals surface area (Å²) < 4.78 is 29.8. The van der Waals surface area contributed by atoms with Crippen molar-refractivity contribution in [3.8, 4) is 11.4 Å². The molecule has 0 aliphatic rings. The van der Waals surface area contributed by atoms with Crippen molar-refractivity contribution in [2.45, 2.75) is 0 Å². The number of anilines is 1. The standard InChI is InChI=1S/C8H5F2N3O/c9-5-2-1-4(3-6(5)10)7-12-8(11)14-13-7/h1-3H,(H2,11,12,13). The number of hydrogen-bond acceptors (Lipinski definition) is 4. The van der Waals surface area contributed by atoms with Crippen LogP contribution in [-0.4, -0.2) is 10.1 Å². The predicted molar refractivity (Wildman–Crippen MR) is 44.1 cm³/mol. The van der Waals surface area contributed by atoms with E-state index in [0.717, 1.165) is 12.1 Å². The van der Waals surface area contributed by atoms with Crippen molar-refractivity contribution >= 4 is 6.01 Å². The summed E-state index contributed by atoms with van der Waals surface area (Å²) in [5.41, 5.74) is 5.49. The lowest BCUT2D eigenvalue weighted by Gasteiger charge is -1.94. The summed E-state index contributed by atoms with van der Waals surface area (Å²) in [6.07, 6.45) is 0. The van der Waals surface area contributed by atoms with E-state index in [1.54, 1.807) is 0 Å². The molecule has 1 aromatic carbocycles. The van der Waals surface area contributed by atoms with Crippen molar-refractivity contribution in [2.24, 2.45) is 0 Å². The maximum Gasteiger partial charge on any atom is 0.319 e. The second-order valence-corrected chi connectivity index (χ2v) is 2.59. The molecule has 2 N–H and O–H groups in total. The van der Waals surface area contributed by atoms with E-state index in [9.17, 15) is 8.78 Å². The van der Waals surface area contributed by atoms with E-state index in [4.69, 9.17) is 5.73 Å². The molecule has 4 nitrogen and oxygen atoms in total. The van der Waals surface area contributed by atoms with Crippen LogP contribution in [0.25, 0.3) is 11.4 Å². The molecule has 2 aromatic rings. The van der Waals surface area contributed by atoms with Crippen LogP contribution in [0.2, 0.25) is 0 Å². The molecule has 2 rings (SSSR count). The van der Waals surface area contributed by atoms with Gasteiger partial charge in [0.15, 0.2) is 11.6 Å². The third kappa shape index (κ3) is 1.41. The molecule has 0 radical (unpaired) electrons. The third-order valence-corrected chi connectivity index (χ3v) is 1.62. The molecule has 1 aromatic heterocycles. The van der Waals surface area contributed by atoms with E-state index < -0.39 is 11.6 Å². The minimum Gasteiger partial charge on any atom is -0.351 e. The lowest BCUT2D eigenvalue weighted by molar-refractivity contribution is 0.437. The van der Waals surface area contributed by atoms with Crippen molar-refractivity contribution < 1.29 is 13.3 Å². The predicted octanol–water partition coefficient (Wildman–Crippen LogP) is 1.60. The summed E-state index contributed by atoms with van der Waals surface area (Å²) in [4.78, 5) is 3.66. The maximum absolute atomic E-state index is 12.8. The molecular weight excluding hydrogens is 192 g/mol. The molecule has 14 heavy (non-hydrogen) atoms. The largest absolute Gasteiger partial charge is 0.351 e. The van der Waals surface area contributed by atoms with Crippen LogP contribution < -0.4 is 5.73 Å². The Morgan fingerprint density at radius 1 is 1.21 bits per heavy atom. The van der Waals surface area contributed by atoms with Crippen LogP contribution in [0.1, 0.15) is 0 Å². The molecule has 72 valence electrons. The van der Waals surface area contributed by atoms with Gasteiger partial charge < -0.3 is 10.3 Å². The molecule has 0 fully saturated rings. The van der Waals surface area contributed by atoms with Gasteiger partial charge in [-0.15, -0.1) is 0 Å². The highest BCUT2D eigenvalue weighted by Crippen LogP contribution is 2.18. The fourth-order valence-electron chi connectivity index (χ4n) is 0.988. The highest BCUT2D eigenvalue weighted by molar-refractivity contribution is 5.55. The van der Waals surface area contributed by atoms with E-state index in [1.165, 1.54) is 6.07 Å². The molecule has 0 aliphatic carbocycles. The Morgan fingerprint density at radius 3 is 2.57 bits per heavy atom. The fourth-order valence-corrected chi connectivity index (χ4v) is 0.988. The van der Waals surface area contributed by atoms with Crippen molar-refractivity contribution in [3.63, 3.8) is 0 Å². The molecule has 0 amide bonds. The van der Waals surface area contributed by atoms with Gasteiger partial charge in [0.1, 0.15) is 0 Å². The number of nitrogens with zero attached hydrogens (tertiary/aromatic N) is 2. The highest BCUT2D eigenvalue weighted by atomic mass is 19.2. The zero-order valence-electron chi connectivity index (χ0n) is 6.87. The average Bonchev–Trinajstić information content (AvgIpc) is 2.57. The number of hydrogen-bond donors (Lipinski definition) is 1. The van der Waals surface area contributed by atoms with E-state index in [1.807, 2.05) is 0 Å². The summed E-state index contributed by atoms with van der Waals surface area (Å²) in [6, 6.07) is 3.17. The zero-order chi connectivity index (χ0) is 10.1. The van der Waals surface area contributed by atoms with Crippen LogP contribution in [0.15, 0.2) is 22.7 Å². The molecule has 0 saturated heterocycles. The molecule has 6 heteroatoms. The molecule has 0 spiro atoms. The molecule has 0 aliphatic heterocycles. The third-order valence-electron chi connectivity index (χ3n) is 1.62. The lowest BCUT2D eigenvalue weighted by atomic mass is 10.2. The number of benzene rings is 1. The van der Waals surface area contributed by atoms with Gasteiger partial charge in [-0.05, 0) is 18.2 Å². The van der Waals surface area contributed by atoms with Crippen LogP contribution in [0.4, 0.5) is 14.8 Å². The first kappa shape index (κ1) is 8.61. The van der Waals surface area contributed by atoms with Crippen LogP contribution >= 0.6 is 0 Å². The summed E-state index contributed by atoms with van der Waals surface area (Å²) in [5, 5.41) is 3.46. The van der Waals surface area contributed by atoms with Crippen molar-refractivity contribution in [3.05, 3.63) is 29.8 Å². The Morgan fingerprint density at radius 2 is 2.00 bits per heavy atom. The molecule has 0 saturated carbocycles. The van der Waals surface area contributed by atoms with Crippen molar-refractivity contribution in [1.82, 2.24) is 10.1 Å². The Balaban J connectivity index is 2.47. The van der Waals surface area contributed by atoms with E-state index >= 15 is 0 Å². The first-order valence-electron chi connectivity index (χ1n) is 3.71. The normalized spacial score (nSPS) is 10.4. The quantitative estimate of drug-likeness (QED) is 0.753. The second kappa shape index (κ2) is 3.06. The van der Waals surface area contributed by atoms with Crippen LogP contribution in [0.5, 0.6) is 0 Å². The number of rotatable bonds is 1. The van der Waals surface area contributed by atoms with Gasteiger partial charge in [0.05, 0.1) is 0 Å². The van der Waals surface area contributed by atoms with Gasteiger partial charge in [-0.3, -0.25) is 0 Å². The first-order valence-corrected chi connectivity index (χ1v) is 3.71. The molecule has 0 bridgehead atoms. The van der Waals surface area contributed by atoms with Crippen molar-refractivity contribution in [2.75, 3.05) is 5.73 Å². The topological polar surface area (TPSA) is 64.9 Å². The van der Waals surface area contributed by atoms with Gasteiger partial charge >= 0.3 is 6.01 Å². The minimum atomic E-state index is -0.967.